The molecule has 3 rings (SSSR count). The SMILES string of the molecule is COc1cc(/C=C2\SC(=O)N(C(C)C)C2=O)ccc1OCc1ccc(F)cc1. The van der Waals surface area contributed by atoms with Gasteiger partial charge in [-0.1, -0.05) is 18.2 Å². The summed E-state index contributed by atoms with van der Waals surface area (Å²) in [6.07, 6.45) is 1.67. The lowest BCUT2D eigenvalue weighted by Gasteiger charge is -2.16. The van der Waals surface area contributed by atoms with E-state index in [1.165, 1.54) is 24.1 Å². The van der Waals surface area contributed by atoms with Gasteiger partial charge in [-0.15, -0.1) is 0 Å². The summed E-state index contributed by atoms with van der Waals surface area (Å²) in [6.45, 7) is 3.87. The monoisotopic (exact) mass is 401 g/mol. The summed E-state index contributed by atoms with van der Waals surface area (Å²) >= 11 is 0.927. The summed E-state index contributed by atoms with van der Waals surface area (Å²) in [5, 5.41) is -0.266. The molecule has 1 fully saturated rings. The van der Waals surface area contributed by atoms with Crippen LogP contribution in [0.15, 0.2) is 47.4 Å². The molecule has 0 saturated carbocycles. The van der Waals surface area contributed by atoms with E-state index >= 15 is 0 Å². The van der Waals surface area contributed by atoms with E-state index in [0.717, 1.165) is 22.9 Å². The Labute approximate surface area is 167 Å². The van der Waals surface area contributed by atoms with Crippen molar-refractivity contribution in [3.05, 3.63) is 64.3 Å². The van der Waals surface area contributed by atoms with Crippen LogP contribution in [0.4, 0.5) is 9.18 Å². The van der Waals surface area contributed by atoms with Gasteiger partial charge in [-0.3, -0.25) is 14.5 Å². The molecule has 0 bridgehead atoms. The number of rotatable bonds is 6. The smallest absolute Gasteiger partial charge is 0.293 e. The molecule has 0 aliphatic carbocycles. The molecule has 2 aromatic rings. The van der Waals surface area contributed by atoms with Gasteiger partial charge in [0.15, 0.2) is 11.5 Å². The van der Waals surface area contributed by atoms with Gasteiger partial charge in [0, 0.05) is 6.04 Å². The van der Waals surface area contributed by atoms with E-state index in [1.54, 1.807) is 50.3 Å². The summed E-state index contributed by atoms with van der Waals surface area (Å²) < 4.78 is 24.1. The predicted molar refractivity (Wildman–Crippen MR) is 107 cm³/mol. The Balaban J connectivity index is 1.77. The average Bonchev–Trinajstić information content (AvgIpc) is 2.95. The molecule has 2 amide bonds. The third-order valence-electron chi connectivity index (χ3n) is 4.13. The van der Waals surface area contributed by atoms with Crippen molar-refractivity contribution in [2.45, 2.75) is 26.5 Å². The number of imide groups is 1. The molecule has 2 aromatic carbocycles. The fourth-order valence-electron chi connectivity index (χ4n) is 2.71. The van der Waals surface area contributed by atoms with Crippen molar-refractivity contribution >= 4 is 29.0 Å². The molecule has 7 heteroatoms. The van der Waals surface area contributed by atoms with E-state index in [-0.39, 0.29) is 29.6 Å². The molecule has 1 heterocycles. The van der Waals surface area contributed by atoms with Gasteiger partial charge in [0.05, 0.1) is 12.0 Å². The summed E-state index contributed by atoms with van der Waals surface area (Å²) in [4.78, 5) is 26.0. The Hall–Kier alpha value is -2.80. The number of hydrogen-bond acceptors (Lipinski definition) is 5. The number of benzene rings is 2. The van der Waals surface area contributed by atoms with Crippen LogP contribution < -0.4 is 9.47 Å². The lowest BCUT2D eigenvalue weighted by atomic mass is 10.1. The highest BCUT2D eigenvalue weighted by atomic mass is 32.2. The maximum Gasteiger partial charge on any atom is 0.293 e. The Bertz CT molecular complexity index is 925. The number of carbonyl (C=O) groups is 2. The first kappa shape index (κ1) is 19.9. The zero-order valence-corrected chi connectivity index (χ0v) is 16.6. The summed E-state index contributed by atoms with van der Waals surface area (Å²) in [5.41, 5.74) is 1.55. The molecule has 0 N–H and O–H groups in total. The predicted octanol–water partition coefficient (Wildman–Crippen LogP) is 4.86. The van der Waals surface area contributed by atoms with Gasteiger partial charge >= 0.3 is 0 Å². The number of halogens is 1. The first-order valence-electron chi connectivity index (χ1n) is 8.71. The van der Waals surface area contributed by atoms with E-state index in [9.17, 15) is 14.0 Å². The molecule has 146 valence electrons. The van der Waals surface area contributed by atoms with Gasteiger partial charge in [-0.2, -0.15) is 0 Å². The normalized spacial score (nSPS) is 15.6. The molecule has 1 saturated heterocycles. The van der Waals surface area contributed by atoms with Crippen molar-refractivity contribution < 1.29 is 23.5 Å². The highest BCUT2D eigenvalue weighted by Gasteiger charge is 2.36. The first-order valence-corrected chi connectivity index (χ1v) is 9.53. The minimum Gasteiger partial charge on any atom is -0.493 e. The molecule has 0 atom stereocenters. The highest BCUT2D eigenvalue weighted by Crippen LogP contribution is 2.35. The van der Waals surface area contributed by atoms with Crippen LogP contribution in [0.3, 0.4) is 0 Å². The molecule has 1 aliphatic heterocycles. The largest absolute Gasteiger partial charge is 0.493 e. The molecular formula is C21H20FNO4S. The number of amides is 2. The summed E-state index contributed by atoms with van der Waals surface area (Å²) in [7, 11) is 1.52. The highest BCUT2D eigenvalue weighted by molar-refractivity contribution is 8.18. The van der Waals surface area contributed by atoms with E-state index in [1.807, 2.05) is 0 Å². The van der Waals surface area contributed by atoms with Gasteiger partial charge in [-0.25, -0.2) is 4.39 Å². The van der Waals surface area contributed by atoms with Crippen molar-refractivity contribution in [3.63, 3.8) is 0 Å². The molecule has 28 heavy (non-hydrogen) atoms. The molecule has 1 aliphatic rings. The number of ether oxygens (including phenoxy) is 2. The van der Waals surface area contributed by atoms with Crippen molar-refractivity contribution in [1.29, 1.82) is 0 Å². The van der Waals surface area contributed by atoms with Crippen LogP contribution in [-0.4, -0.2) is 29.2 Å². The zero-order chi connectivity index (χ0) is 20.3. The van der Waals surface area contributed by atoms with Gasteiger partial charge in [0.1, 0.15) is 12.4 Å². The van der Waals surface area contributed by atoms with Crippen molar-refractivity contribution in [3.8, 4) is 11.5 Å². The van der Waals surface area contributed by atoms with Crippen LogP contribution in [0.5, 0.6) is 11.5 Å². The number of hydrogen-bond donors (Lipinski definition) is 0. The maximum atomic E-state index is 13.0. The molecule has 5 nitrogen and oxygen atoms in total. The number of thioether (sulfide) groups is 1. The van der Waals surface area contributed by atoms with Crippen LogP contribution in [0.2, 0.25) is 0 Å². The zero-order valence-electron chi connectivity index (χ0n) is 15.8. The van der Waals surface area contributed by atoms with Crippen molar-refractivity contribution in [2.75, 3.05) is 7.11 Å². The summed E-state index contributed by atoms with van der Waals surface area (Å²) in [5.74, 6) is 0.436. The van der Waals surface area contributed by atoms with Gasteiger partial charge in [0.2, 0.25) is 0 Å². The quantitative estimate of drug-likeness (QED) is 0.647. The van der Waals surface area contributed by atoms with E-state index in [0.29, 0.717) is 16.4 Å². The third kappa shape index (κ3) is 4.36. The molecular weight excluding hydrogens is 381 g/mol. The third-order valence-corrected chi connectivity index (χ3v) is 5.02. The Morgan fingerprint density at radius 2 is 1.82 bits per heavy atom. The van der Waals surface area contributed by atoms with E-state index in [2.05, 4.69) is 0 Å². The first-order chi connectivity index (χ1) is 13.4. The number of nitrogens with zero attached hydrogens (tertiary/aromatic N) is 1. The standard InChI is InChI=1S/C21H20FNO4S/c1-13(2)23-20(24)19(28-21(23)25)11-15-6-9-17(18(10-15)26-3)27-12-14-4-7-16(22)8-5-14/h4-11,13H,12H2,1-3H3/b19-11-. The van der Waals surface area contributed by atoms with Gasteiger partial charge < -0.3 is 9.47 Å². The fourth-order valence-corrected chi connectivity index (χ4v) is 3.67. The van der Waals surface area contributed by atoms with Crippen LogP contribution >= 0.6 is 11.8 Å². The van der Waals surface area contributed by atoms with Crippen LogP contribution in [-0.2, 0) is 11.4 Å². The molecule has 0 radical (unpaired) electrons. The summed E-state index contributed by atoms with van der Waals surface area (Å²) in [6, 6.07) is 11.1. The number of carbonyl (C=O) groups excluding carboxylic acids is 2. The van der Waals surface area contributed by atoms with Crippen LogP contribution in [0, 0.1) is 5.82 Å². The maximum absolute atomic E-state index is 13.0. The molecule has 0 aromatic heterocycles. The Kier molecular flexibility index (Phi) is 6.04. The molecule has 0 spiro atoms. The average molecular weight is 401 g/mol. The second-order valence-electron chi connectivity index (χ2n) is 6.47. The Morgan fingerprint density at radius 3 is 2.43 bits per heavy atom. The lowest BCUT2D eigenvalue weighted by Crippen LogP contribution is -2.34. The van der Waals surface area contributed by atoms with Crippen LogP contribution in [0.1, 0.15) is 25.0 Å². The Morgan fingerprint density at radius 1 is 1.11 bits per heavy atom. The van der Waals surface area contributed by atoms with E-state index < -0.39 is 0 Å². The second kappa shape index (κ2) is 8.48. The second-order valence-corrected chi connectivity index (χ2v) is 7.46. The minimum atomic E-state index is -0.299. The minimum absolute atomic E-state index is 0.185. The van der Waals surface area contributed by atoms with Crippen LogP contribution in [0.25, 0.3) is 6.08 Å². The van der Waals surface area contributed by atoms with Crippen molar-refractivity contribution in [1.82, 2.24) is 4.90 Å². The van der Waals surface area contributed by atoms with Crippen molar-refractivity contribution in [2.24, 2.45) is 0 Å². The molecule has 0 unspecified atom stereocenters. The number of methoxy groups -OCH3 is 1. The lowest BCUT2D eigenvalue weighted by molar-refractivity contribution is -0.123. The van der Waals surface area contributed by atoms with Gasteiger partial charge in [-0.05, 0) is 67.1 Å². The van der Waals surface area contributed by atoms with Gasteiger partial charge in [0.25, 0.3) is 11.1 Å². The topological polar surface area (TPSA) is 55.8 Å². The van der Waals surface area contributed by atoms with E-state index in [4.69, 9.17) is 9.47 Å². The fraction of sp³-hybridized carbons (Fsp3) is 0.238.